The van der Waals surface area contributed by atoms with Crippen molar-refractivity contribution in [2.24, 2.45) is 0 Å². The van der Waals surface area contributed by atoms with Crippen molar-refractivity contribution in [2.45, 2.75) is 44.7 Å². The lowest BCUT2D eigenvalue weighted by atomic mass is 9.84. The zero-order valence-corrected chi connectivity index (χ0v) is 18.4. The minimum atomic E-state index is -3.42. The van der Waals surface area contributed by atoms with Gasteiger partial charge in [0.1, 0.15) is 0 Å². The van der Waals surface area contributed by atoms with Crippen LogP contribution in [0.5, 0.6) is 0 Å². The summed E-state index contributed by atoms with van der Waals surface area (Å²) in [5, 5.41) is 4.06. The third-order valence-electron chi connectivity index (χ3n) is 6.24. The Morgan fingerprint density at radius 2 is 1.93 bits per heavy atom. The van der Waals surface area contributed by atoms with Crippen molar-refractivity contribution in [3.63, 3.8) is 0 Å². The van der Waals surface area contributed by atoms with Gasteiger partial charge in [0.2, 0.25) is 10.0 Å². The Balaban J connectivity index is 1.39. The van der Waals surface area contributed by atoms with E-state index in [2.05, 4.69) is 45.9 Å². The molecule has 2 aliphatic rings. The molecule has 1 aromatic carbocycles. The molecule has 0 saturated carbocycles. The standard InChI is InChI=1S/C21H29N5O3S/c1-17-5-3-6-18(15-17)16-25-11-4-8-21(25)9-13-24(14-10-21)20(27)26-12-7-19(22-26)23-30(2,28)29/h3,5-7,12,15H,4,8-11,13-14,16H2,1-2H3,(H,22,23). The van der Waals surface area contributed by atoms with Gasteiger partial charge in [-0.1, -0.05) is 29.8 Å². The lowest BCUT2D eigenvalue weighted by Crippen LogP contribution is -2.53. The van der Waals surface area contributed by atoms with Crippen LogP contribution in [-0.4, -0.2) is 65.5 Å². The van der Waals surface area contributed by atoms with E-state index < -0.39 is 10.0 Å². The smallest absolute Gasteiger partial charge is 0.323 e. The Bertz CT molecular complexity index is 1020. The minimum absolute atomic E-state index is 0.152. The van der Waals surface area contributed by atoms with Gasteiger partial charge >= 0.3 is 6.03 Å². The molecule has 0 atom stereocenters. The fourth-order valence-electron chi connectivity index (χ4n) is 4.77. The molecular formula is C21H29N5O3S. The average molecular weight is 432 g/mol. The van der Waals surface area contributed by atoms with Crippen molar-refractivity contribution in [3.8, 4) is 0 Å². The summed E-state index contributed by atoms with van der Waals surface area (Å²) in [6, 6.07) is 9.97. The van der Waals surface area contributed by atoms with Gasteiger partial charge in [0, 0.05) is 37.4 Å². The van der Waals surface area contributed by atoms with Gasteiger partial charge in [0.25, 0.3) is 0 Å². The third kappa shape index (κ3) is 4.52. The normalized spacial score (nSPS) is 19.3. The maximum atomic E-state index is 12.8. The number of aromatic nitrogens is 2. The molecule has 0 aliphatic carbocycles. The number of likely N-dealkylation sites (tertiary alicyclic amines) is 2. The highest BCUT2D eigenvalue weighted by atomic mass is 32.2. The molecule has 30 heavy (non-hydrogen) atoms. The predicted octanol–water partition coefficient (Wildman–Crippen LogP) is 2.66. The summed E-state index contributed by atoms with van der Waals surface area (Å²) >= 11 is 0. The van der Waals surface area contributed by atoms with Gasteiger partial charge in [-0.05, 0) is 44.7 Å². The van der Waals surface area contributed by atoms with Gasteiger partial charge in [-0.25, -0.2) is 13.2 Å². The first-order valence-corrected chi connectivity index (χ1v) is 12.3. The number of anilines is 1. The van der Waals surface area contributed by atoms with E-state index in [-0.39, 0.29) is 17.4 Å². The Kier molecular flexibility index (Phi) is 5.59. The fourth-order valence-corrected chi connectivity index (χ4v) is 5.26. The number of aryl methyl sites for hydroxylation is 1. The highest BCUT2D eigenvalue weighted by Crippen LogP contribution is 2.39. The van der Waals surface area contributed by atoms with Crippen LogP contribution in [0, 0.1) is 6.92 Å². The summed E-state index contributed by atoms with van der Waals surface area (Å²) in [5.41, 5.74) is 2.79. The largest absolute Gasteiger partial charge is 0.344 e. The molecule has 0 radical (unpaired) electrons. The number of carbonyl (C=O) groups excluding carboxylic acids is 1. The molecule has 8 nitrogen and oxygen atoms in total. The maximum absolute atomic E-state index is 12.8. The van der Waals surface area contributed by atoms with E-state index in [9.17, 15) is 13.2 Å². The van der Waals surface area contributed by atoms with Gasteiger partial charge in [-0.3, -0.25) is 9.62 Å². The van der Waals surface area contributed by atoms with Crippen LogP contribution in [0.2, 0.25) is 0 Å². The molecule has 0 bridgehead atoms. The summed E-state index contributed by atoms with van der Waals surface area (Å²) in [7, 11) is -3.42. The first-order valence-electron chi connectivity index (χ1n) is 10.4. The molecule has 4 rings (SSSR count). The molecule has 1 spiro atoms. The number of hydrogen-bond acceptors (Lipinski definition) is 5. The van der Waals surface area contributed by atoms with Crippen molar-refractivity contribution in [1.82, 2.24) is 19.6 Å². The van der Waals surface area contributed by atoms with Gasteiger partial charge in [0.05, 0.1) is 6.26 Å². The second kappa shape index (κ2) is 8.03. The van der Waals surface area contributed by atoms with Crippen LogP contribution in [0.15, 0.2) is 36.5 Å². The SMILES string of the molecule is Cc1cccc(CN2CCCC23CCN(C(=O)n2ccc(NS(C)(=O)=O)n2)CC3)c1. The molecule has 0 unspecified atom stereocenters. The second-order valence-corrected chi connectivity index (χ2v) is 10.3. The van der Waals surface area contributed by atoms with Crippen LogP contribution >= 0.6 is 0 Å². The van der Waals surface area contributed by atoms with Crippen LogP contribution in [0.25, 0.3) is 0 Å². The van der Waals surface area contributed by atoms with E-state index >= 15 is 0 Å². The van der Waals surface area contributed by atoms with E-state index in [4.69, 9.17) is 0 Å². The van der Waals surface area contributed by atoms with Crippen LogP contribution in [0.1, 0.15) is 36.8 Å². The lowest BCUT2D eigenvalue weighted by molar-refractivity contribution is 0.0585. The number of nitrogens with one attached hydrogen (secondary N) is 1. The number of sulfonamides is 1. The highest BCUT2D eigenvalue weighted by Gasteiger charge is 2.43. The molecule has 162 valence electrons. The van der Waals surface area contributed by atoms with E-state index in [1.165, 1.54) is 40.9 Å². The second-order valence-electron chi connectivity index (χ2n) is 8.53. The van der Waals surface area contributed by atoms with Crippen LogP contribution in [0.4, 0.5) is 10.6 Å². The molecular weight excluding hydrogens is 402 g/mol. The minimum Gasteiger partial charge on any atom is -0.323 e. The Morgan fingerprint density at radius 3 is 2.63 bits per heavy atom. The Hall–Kier alpha value is -2.39. The van der Waals surface area contributed by atoms with Gasteiger partial charge in [-0.15, -0.1) is 5.10 Å². The summed E-state index contributed by atoms with van der Waals surface area (Å²) < 4.78 is 26.2. The van der Waals surface area contributed by atoms with Crippen molar-refractivity contribution in [1.29, 1.82) is 0 Å². The van der Waals surface area contributed by atoms with Crippen molar-refractivity contribution >= 4 is 21.9 Å². The molecule has 3 heterocycles. The molecule has 2 aliphatic heterocycles. The van der Waals surface area contributed by atoms with Crippen molar-refractivity contribution in [2.75, 3.05) is 30.6 Å². The van der Waals surface area contributed by atoms with Gasteiger partial charge in [0.15, 0.2) is 5.82 Å². The van der Waals surface area contributed by atoms with Gasteiger partial charge in [-0.2, -0.15) is 4.68 Å². The summed E-state index contributed by atoms with van der Waals surface area (Å²) in [4.78, 5) is 17.2. The fraction of sp³-hybridized carbons (Fsp3) is 0.524. The maximum Gasteiger partial charge on any atom is 0.344 e. The van der Waals surface area contributed by atoms with Crippen LogP contribution in [-0.2, 0) is 16.6 Å². The zero-order valence-electron chi connectivity index (χ0n) is 17.5. The number of hydrogen-bond donors (Lipinski definition) is 1. The van der Waals surface area contributed by atoms with E-state index in [0.29, 0.717) is 13.1 Å². The molecule has 1 aromatic heterocycles. The van der Waals surface area contributed by atoms with Crippen molar-refractivity contribution in [3.05, 3.63) is 47.7 Å². The number of benzene rings is 1. The summed E-state index contributed by atoms with van der Waals surface area (Å²) in [6.07, 6.45) is 6.81. The van der Waals surface area contributed by atoms with Crippen molar-refractivity contribution < 1.29 is 13.2 Å². The van der Waals surface area contributed by atoms with E-state index in [1.807, 2.05) is 4.90 Å². The predicted molar refractivity (Wildman–Crippen MR) is 116 cm³/mol. The van der Waals surface area contributed by atoms with Gasteiger partial charge < -0.3 is 4.90 Å². The van der Waals surface area contributed by atoms with Crippen LogP contribution in [0.3, 0.4) is 0 Å². The number of piperidine rings is 1. The molecule has 2 aromatic rings. The Labute approximate surface area is 177 Å². The summed E-state index contributed by atoms with van der Waals surface area (Å²) in [5.74, 6) is 0.152. The quantitative estimate of drug-likeness (QED) is 0.804. The molecule has 2 fully saturated rings. The van der Waals surface area contributed by atoms with E-state index in [0.717, 1.165) is 32.2 Å². The number of carbonyl (C=O) groups is 1. The summed E-state index contributed by atoms with van der Waals surface area (Å²) in [6.45, 7) is 5.53. The van der Waals surface area contributed by atoms with E-state index in [1.54, 1.807) is 0 Å². The first-order chi connectivity index (χ1) is 14.2. The highest BCUT2D eigenvalue weighted by molar-refractivity contribution is 7.92. The third-order valence-corrected chi connectivity index (χ3v) is 6.82. The average Bonchev–Trinajstić information content (AvgIpc) is 3.28. The monoisotopic (exact) mass is 431 g/mol. The molecule has 1 amide bonds. The lowest BCUT2D eigenvalue weighted by Gasteiger charge is -2.45. The first kappa shape index (κ1) is 20.9. The number of rotatable bonds is 4. The zero-order chi connectivity index (χ0) is 21.4. The molecule has 1 N–H and O–H groups in total. The number of nitrogens with zero attached hydrogens (tertiary/aromatic N) is 4. The molecule has 9 heteroatoms. The van der Waals surface area contributed by atoms with Crippen LogP contribution < -0.4 is 4.72 Å². The Morgan fingerprint density at radius 1 is 1.17 bits per heavy atom. The topological polar surface area (TPSA) is 87.5 Å². The number of amides is 1. The molecule has 2 saturated heterocycles.